The van der Waals surface area contributed by atoms with E-state index in [-0.39, 0.29) is 5.91 Å². The van der Waals surface area contributed by atoms with Crippen LogP contribution in [0.5, 0.6) is 0 Å². The highest BCUT2D eigenvalue weighted by Gasteiger charge is 2.26. The normalized spacial score (nSPS) is 16.1. The van der Waals surface area contributed by atoms with Gasteiger partial charge in [0.2, 0.25) is 0 Å². The van der Waals surface area contributed by atoms with Crippen molar-refractivity contribution in [3.63, 3.8) is 0 Å². The van der Waals surface area contributed by atoms with E-state index in [4.69, 9.17) is 0 Å². The lowest BCUT2D eigenvalue weighted by Crippen LogP contribution is -2.49. The highest BCUT2D eigenvalue weighted by molar-refractivity contribution is 5.93. The number of nitrogens with zero attached hydrogens (tertiary/aromatic N) is 6. The van der Waals surface area contributed by atoms with Gasteiger partial charge in [0, 0.05) is 50.7 Å². The van der Waals surface area contributed by atoms with E-state index < -0.39 is 0 Å². The molecule has 0 atom stereocenters. The molecule has 0 aliphatic carbocycles. The zero-order valence-electron chi connectivity index (χ0n) is 16.1. The van der Waals surface area contributed by atoms with Crippen molar-refractivity contribution in [1.29, 1.82) is 0 Å². The van der Waals surface area contributed by atoms with Crippen LogP contribution in [0, 0.1) is 0 Å². The largest absolute Gasteiger partial charge is 0.353 e. The maximum Gasteiger partial charge on any atom is 0.272 e. The SMILES string of the molecule is O=C(c1cc(N2CCc3ccccc32)ncn1)N1CCN(c2ccccn2)CC1. The molecule has 7 nitrogen and oxygen atoms in total. The van der Waals surface area contributed by atoms with Gasteiger partial charge < -0.3 is 14.7 Å². The van der Waals surface area contributed by atoms with Gasteiger partial charge in [0.15, 0.2) is 0 Å². The first-order valence-electron chi connectivity index (χ1n) is 9.92. The summed E-state index contributed by atoms with van der Waals surface area (Å²) in [5.74, 6) is 1.69. The Hall–Kier alpha value is -3.48. The van der Waals surface area contributed by atoms with E-state index in [0.717, 1.165) is 43.4 Å². The van der Waals surface area contributed by atoms with Crippen LogP contribution >= 0.6 is 0 Å². The molecule has 2 aromatic heterocycles. The second-order valence-corrected chi connectivity index (χ2v) is 7.26. The Labute approximate surface area is 169 Å². The molecule has 0 N–H and O–H groups in total. The van der Waals surface area contributed by atoms with Crippen molar-refractivity contribution in [3.8, 4) is 0 Å². The Balaban J connectivity index is 1.30. The molecule has 3 aromatic rings. The lowest BCUT2D eigenvalue weighted by Gasteiger charge is -2.35. The van der Waals surface area contributed by atoms with Crippen molar-refractivity contribution >= 4 is 23.2 Å². The number of piperazine rings is 1. The van der Waals surface area contributed by atoms with Gasteiger partial charge in [-0.05, 0) is 30.2 Å². The quantitative estimate of drug-likeness (QED) is 0.689. The molecule has 2 aliphatic rings. The Bertz CT molecular complexity index is 1020. The van der Waals surface area contributed by atoms with Gasteiger partial charge in [0.1, 0.15) is 23.7 Å². The average molecular weight is 386 g/mol. The van der Waals surface area contributed by atoms with E-state index in [1.54, 1.807) is 6.20 Å². The third kappa shape index (κ3) is 3.40. The van der Waals surface area contributed by atoms with Crippen LogP contribution in [0.25, 0.3) is 0 Å². The minimum atomic E-state index is -0.0400. The molecule has 1 aromatic carbocycles. The smallest absolute Gasteiger partial charge is 0.272 e. The third-order valence-corrected chi connectivity index (χ3v) is 5.58. The van der Waals surface area contributed by atoms with Crippen molar-refractivity contribution in [2.75, 3.05) is 42.5 Å². The van der Waals surface area contributed by atoms with Crippen LogP contribution in [0.1, 0.15) is 16.1 Å². The van der Waals surface area contributed by atoms with Gasteiger partial charge in [-0.1, -0.05) is 24.3 Å². The van der Waals surface area contributed by atoms with Crippen LogP contribution in [-0.4, -0.2) is 58.5 Å². The molecule has 0 radical (unpaired) electrons. The van der Waals surface area contributed by atoms with E-state index in [0.29, 0.717) is 18.8 Å². The molecular formula is C22H22N6O. The van der Waals surface area contributed by atoms with Gasteiger partial charge in [-0.3, -0.25) is 4.79 Å². The van der Waals surface area contributed by atoms with Crippen LogP contribution in [0.2, 0.25) is 0 Å². The fraction of sp³-hybridized carbons (Fsp3) is 0.273. The average Bonchev–Trinajstić information content (AvgIpc) is 3.24. The van der Waals surface area contributed by atoms with Gasteiger partial charge in [0.05, 0.1) is 0 Å². The summed E-state index contributed by atoms with van der Waals surface area (Å²) in [7, 11) is 0. The molecule has 0 saturated carbocycles. The third-order valence-electron chi connectivity index (χ3n) is 5.58. The van der Waals surface area contributed by atoms with Gasteiger partial charge in [-0.15, -0.1) is 0 Å². The molecule has 7 heteroatoms. The summed E-state index contributed by atoms with van der Waals surface area (Å²) in [6.45, 7) is 3.70. The fourth-order valence-electron chi connectivity index (χ4n) is 4.03. The monoisotopic (exact) mass is 386 g/mol. The minimum absolute atomic E-state index is 0.0400. The molecular weight excluding hydrogens is 364 g/mol. The summed E-state index contributed by atoms with van der Waals surface area (Å²) in [5.41, 5.74) is 2.92. The van der Waals surface area contributed by atoms with Gasteiger partial charge in [-0.2, -0.15) is 0 Å². The lowest BCUT2D eigenvalue weighted by molar-refractivity contribution is 0.0740. The minimum Gasteiger partial charge on any atom is -0.353 e. The van der Waals surface area contributed by atoms with E-state index in [1.807, 2.05) is 35.2 Å². The number of amides is 1. The van der Waals surface area contributed by atoms with Crippen molar-refractivity contribution < 1.29 is 4.79 Å². The predicted molar refractivity (Wildman–Crippen MR) is 112 cm³/mol. The van der Waals surface area contributed by atoms with Crippen LogP contribution in [0.4, 0.5) is 17.3 Å². The summed E-state index contributed by atoms with van der Waals surface area (Å²) in [5, 5.41) is 0. The standard InChI is InChI=1S/C22H22N6O/c29-22(27-13-11-26(12-14-27)20-7-3-4-9-23-20)18-15-21(25-16-24-18)28-10-8-17-5-1-2-6-19(17)28/h1-7,9,15-16H,8,10-14H2. The highest BCUT2D eigenvalue weighted by atomic mass is 16.2. The number of hydrogen-bond donors (Lipinski definition) is 0. The molecule has 0 bridgehead atoms. The first-order chi connectivity index (χ1) is 14.3. The molecule has 5 rings (SSSR count). The fourth-order valence-corrected chi connectivity index (χ4v) is 4.03. The number of para-hydroxylation sites is 1. The first kappa shape index (κ1) is 17.6. The lowest BCUT2D eigenvalue weighted by atomic mass is 10.2. The van der Waals surface area contributed by atoms with Crippen molar-refractivity contribution in [2.45, 2.75) is 6.42 Å². The van der Waals surface area contributed by atoms with Gasteiger partial charge >= 0.3 is 0 Å². The van der Waals surface area contributed by atoms with Crippen molar-refractivity contribution in [1.82, 2.24) is 19.9 Å². The van der Waals surface area contributed by atoms with Crippen molar-refractivity contribution in [2.24, 2.45) is 0 Å². The van der Waals surface area contributed by atoms with Crippen LogP contribution in [-0.2, 0) is 6.42 Å². The molecule has 1 amide bonds. The number of carbonyl (C=O) groups is 1. The van der Waals surface area contributed by atoms with Crippen LogP contribution in [0.15, 0.2) is 61.1 Å². The van der Waals surface area contributed by atoms with E-state index in [2.05, 4.69) is 43.0 Å². The molecule has 4 heterocycles. The van der Waals surface area contributed by atoms with Crippen molar-refractivity contribution in [3.05, 3.63) is 72.3 Å². The number of carbonyl (C=O) groups excluding carboxylic acids is 1. The number of rotatable bonds is 3. The molecule has 1 saturated heterocycles. The number of anilines is 3. The number of aromatic nitrogens is 3. The molecule has 29 heavy (non-hydrogen) atoms. The number of hydrogen-bond acceptors (Lipinski definition) is 6. The Morgan fingerprint density at radius 3 is 2.48 bits per heavy atom. The second-order valence-electron chi connectivity index (χ2n) is 7.26. The van der Waals surface area contributed by atoms with E-state index in [1.165, 1.54) is 11.9 Å². The molecule has 1 fully saturated rings. The zero-order valence-corrected chi connectivity index (χ0v) is 16.1. The number of pyridine rings is 1. The highest BCUT2D eigenvalue weighted by Crippen LogP contribution is 2.33. The summed E-state index contributed by atoms with van der Waals surface area (Å²) in [6.07, 6.45) is 4.28. The second kappa shape index (κ2) is 7.50. The van der Waals surface area contributed by atoms with Crippen LogP contribution < -0.4 is 9.80 Å². The summed E-state index contributed by atoms with van der Waals surface area (Å²) in [6, 6.07) is 16.0. The Kier molecular flexibility index (Phi) is 4.56. The number of fused-ring (bicyclic) bond motifs is 1. The molecule has 146 valence electrons. The zero-order chi connectivity index (χ0) is 19.6. The summed E-state index contributed by atoms with van der Waals surface area (Å²) < 4.78 is 0. The molecule has 0 spiro atoms. The van der Waals surface area contributed by atoms with E-state index in [9.17, 15) is 4.79 Å². The topological polar surface area (TPSA) is 65.5 Å². The number of benzene rings is 1. The van der Waals surface area contributed by atoms with Gasteiger partial charge in [-0.25, -0.2) is 15.0 Å². The maximum atomic E-state index is 13.0. The first-order valence-corrected chi connectivity index (χ1v) is 9.92. The molecule has 0 unspecified atom stereocenters. The molecule has 2 aliphatic heterocycles. The summed E-state index contributed by atoms with van der Waals surface area (Å²) >= 11 is 0. The maximum absolute atomic E-state index is 13.0. The predicted octanol–water partition coefficient (Wildman–Crippen LogP) is 2.53. The van der Waals surface area contributed by atoms with Crippen LogP contribution in [0.3, 0.4) is 0 Å². The van der Waals surface area contributed by atoms with E-state index >= 15 is 0 Å². The summed E-state index contributed by atoms with van der Waals surface area (Å²) in [4.78, 5) is 32.4. The Morgan fingerprint density at radius 2 is 1.66 bits per heavy atom. The Morgan fingerprint density at radius 1 is 0.828 bits per heavy atom. The van der Waals surface area contributed by atoms with Gasteiger partial charge in [0.25, 0.3) is 5.91 Å².